The number of carboxylic acids is 1. The topological polar surface area (TPSA) is 75.1 Å². The molecule has 0 spiro atoms. The average molecular weight is 278 g/mol. The van der Waals surface area contributed by atoms with Gasteiger partial charge in [0.2, 0.25) is 0 Å². The number of aryl methyl sites for hydroxylation is 1. The van der Waals surface area contributed by atoms with E-state index in [1.165, 1.54) is 12.1 Å². The lowest BCUT2D eigenvalue weighted by atomic mass is 10.2. The van der Waals surface area contributed by atoms with Gasteiger partial charge in [-0.05, 0) is 30.7 Å². The van der Waals surface area contributed by atoms with Gasteiger partial charge in [0.25, 0.3) is 0 Å². The second kappa shape index (κ2) is 5.67. The predicted molar refractivity (Wildman–Crippen MR) is 72.5 cm³/mol. The summed E-state index contributed by atoms with van der Waals surface area (Å²) in [5.41, 5.74) is 1.94. The Balaban J connectivity index is 2.22. The molecule has 0 aliphatic heterocycles. The molecule has 98 valence electrons. The van der Waals surface area contributed by atoms with Crippen molar-refractivity contribution in [2.24, 2.45) is 0 Å². The number of hydrogen-bond acceptors (Lipinski definition) is 4. The third kappa shape index (κ3) is 3.20. The Morgan fingerprint density at radius 1 is 1.42 bits per heavy atom. The predicted octanol–water partition coefficient (Wildman–Crippen LogP) is 2.75. The molecule has 0 aliphatic carbocycles. The molecule has 6 heteroatoms. The van der Waals surface area contributed by atoms with Crippen molar-refractivity contribution < 1.29 is 9.90 Å². The van der Waals surface area contributed by atoms with Crippen LogP contribution in [0.4, 0.5) is 5.82 Å². The molecule has 2 aromatic heterocycles. The molecule has 2 aromatic rings. The minimum Gasteiger partial charge on any atom is -0.478 e. The number of pyridine rings is 2. The zero-order chi connectivity index (χ0) is 13.8. The number of aromatic nitrogens is 2. The first kappa shape index (κ1) is 13.3. The maximum absolute atomic E-state index is 11.1. The van der Waals surface area contributed by atoms with E-state index in [4.69, 9.17) is 16.7 Å². The normalized spacial score (nSPS) is 10.2. The highest BCUT2D eigenvalue weighted by Crippen LogP contribution is 2.17. The molecule has 0 saturated carbocycles. The molecule has 5 nitrogen and oxygen atoms in total. The maximum Gasteiger partial charge on any atom is 0.339 e. The summed E-state index contributed by atoms with van der Waals surface area (Å²) in [5, 5.41) is 12.3. The van der Waals surface area contributed by atoms with Crippen molar-refractivity contribution in [1.82, 2.24) is 9.97 Å². The highest BCUT2D eigenvalue weighted by Gasteiger charge is 2.12. The van der Waals surface area contributed by atoms with Crippen LogP contribution in [-0.4, -0.2) is 21.0 Å². The van der Waals surface area contributed by atoms with Gasteiger partial charge in [-0.3, -0.25) is 4.98 Å². The lowest BCUT2D eigenvalue weighted by Gasteiger charge is -2.09. The Hall–Kier alpha value is -2.14. The van der Waals surface area contributed by atoms with Crippen LogP contribution >= 0.6 is 11.6 Å². The van der Waals surface area contributed by atoms with Crippen molar-refractivity contribution in [1.29, 1.82) is 0 Å². The smallest absolute Gasteiger partial charge is 0.339 e. The molecule has 0 amide bonds. The van der Waals surface area contributed by atoms with E-state index in [2.05, 4.69) is 15.3 Å². The molecule has 0 aliphatic rings. The Bertz CT molecular complexity index is 617. The number of anilines is 1. The average Bonchev–Trinajstić information content (AvgIpc) is 2.37. The first-order valence-corrected chi connectivity index (χ1v) is 6.00. The summed E-state index contributed by atoms with van der Waals surface area (Å²) < 4.78 is 0. The van der Waals surface area contributed by atoms with Gasteiger partial charge < -0.3 is 10.4 Å². The third-order valence-corrected chi connectivity index (χ3v) is 2.84. The summed E-state index contributed by atoms with van der Waals surface area (Å²) in [5.74, 6) is -0.811. The van der Waals surface area contributed by atoms with E-state index >= 15 is 0 Å². The van der Waals surface area contributed by atoms with Gasteiger partial charge in [0.05, 0.1) is 12.2 Å². The van der Waals surface area contributed by atoms with Crippen LogP contribution in [0.5, 0.6) is 0 Å². The fourth-order valence-electron chi connectivity index (χ4n) is 1.61. The van der Waals surface area contributed by atoms with E-state index in [1.807, 2.05) is 19.1 Å². The van der Waals surface area contributed by atoms with Crippen LogP contribution in [-0.2, 0) is 6.54 Å². The molecule has 0 radical (unpaired) electrons. The molecule has 0 saturated heterocycles. The van der Waals surface area contributed by atoms with Crippen molar-refractivity contribution in [3.8, 4) is 0 Å². The molecule has 2 rings (SSSR count). The number of rotatable bonds is 4. The number of nitrogens with zero attached hydrogens (tertiary/aromatic N) is 2. The SMILES string of the molecule is Cc1cccnc1CNc1nc(Cl)ccc1C(=O)O. The molecular weight excluding hydrogens is 266 g/mol. The Morgan fingerprint density at radius 3 is 2.89 bits per heavy atom. The van der Waals surface area contributed by atoms with Crippen molar-refractivity contribution in [3.05, 3.63) is 52.4 Å². The lowest BCUT2D eigenvalue weighted by molar-refractivity contribution is 0.0697. The summed E-state index contributed by atoms with van der Waals surface area (Å²) in [6.45, 7) is 2.33. The van der Waals surface area contributed by atoms with Gasteiger partial charge >= 0.3 is 5.97 Å². The highest BCUT2D eigenvalue weighted by atomic mass is 35.5. The van der Waals surface area contributed by atoms with E-state index in [9.17, 15) is 4.79 Å². The zero-order valence-corrected chi connectivity index (χ0v) is 11.0. The summed E-state index contributed by atoms with van der Waals surface area (Å²) in [6, 6.07) is 6.65. The van der Waals surface area contributed by atoms with Crippen molar-refractivity contribution >= 4 is 23.4 Å². The van der Waals surface area contributed by atoms with Crippen molar-refractivity contribution in [2.45, 2.75) is 13.5 Å². The standard InChI is InChI=1S/C13H12ClN3O2/c1-8-3-2-6-15-10(8)7-16-12-9(13(18)19)4-5-11(14)17-12/h2-6H,7H2,1H3,(H,16,17)(H,18,19). The summed E-state index contributed by atoms with van der Waals surface area (Å²) in [4.78, 5) is 19.3. The van der Waals surface area contributed by atoms with Crippen molar-refractivity contribution in [2.75, 3.05) is 5.32 Å². The van der Waals surface area contributed by atoms with E-state index < -0.39 is 5.97 Å². The lowest BCUT2D eigenvalue weighted by Crippen LogP contribution is -2.10. The summed E-state index contributed by atoms with van der Waals surface area (Å²) in [7, 11) is 0. The zero-order valence-electron chi connectivity index (χ0n) is 10.2. The Morgan fingerprint density at radius 2 is 2.21 bits per heavy atom. The Labute approximate surface area is 115 Å². The number of nitrogens with one attached hydrogen (secondary N) is 1. The third-order valence-electron chi connectivity index (χ3n) is 2.63. The van der Waals surface area contributed by atoms with Gasteiger partial charge in [-0.25, -0.2) is 9.78 Å². The van der Waals surface area contributed by atoms with Gasteiger partial charge in [-0.1, -0.05) is 17.7 Å². The van der Waals surface area contributed by atoms with Crippen LogP contribution in [0.25, 0.3) is 0 Å². The largest absolute Gasteiger partial charge is 0.478 e. The molecule has 0 bridgehead atoms. The number of aromatic carboxylic acids is 1. The van der Waals surface area contributed by atoms with Gasteiger partial charge in [-0.2, -0.15) is 0 Å². The van der Waals surface area contributed by atoms with Gasteiger partial charge in [0.1, 0.15) is 16.5 Å². The van der Waals surface area contributed by atoms with Crippen LogP contribution in [0.1, 0.15) is 21.6 Å². The number of carbonyl (C=O) groups is 1. The van der Waals surface area contributed by atoms with Gasteiger partial charge in [0.15, 0.2) is 0 Å². The minimum atomic E-state index is -1.05. The van der Waals surface area contributed by atoms with Crippen LogP contribution in [0.2, 0.25) is 5.15 Å². The molecular formula is C13H12ClN3O2. The molecule has 2 heterocycles. The number of carboxylic acid groups (broad SMARTS) is 1. The second-order valence-corrected chi connectivity index (χ2v) is 4.34. The molecule has 19 heavy (non-hydrogen) atoms. The molecule has 0 unspecified atom stereocenters. The maximum atomic E-state index is 11.1. The van der Waals surface area contributed by atoms with Crippen LogP contribution in [0.15, 0.2) is 30.5 Å². The van der Waals surface area contributed by atoms with Crippen molar-refractivity contribution in [3.63, 3.8) is 0 Å². The summed E-state index contributed by atoms with van der Waals surface area (Å²) >= 11 is 5.77. The fraction of sp³-hybridized carbons (Fsp3) is 0.154. The van der Waals surface area contributed by atoms with E-state index in [0.717, 1.165) is 11.3 Å². The summed E-state index contributed by atoms with van der Waals surface area (Å²) in [6.07, 6.45) is 1.69. The number of hydrogen-bond donors (Lipinski definition) is 2. The molecule has 2 N–H and O–H groups in total. The van der Waals surface area contributed by atoms with Gasteiger partial charge in [-0.15, -0.1) is 0 Å². The monoisotopic (exact) mass is 277 g/mol. The molecule has 0 aromatic carbocycles. The van der Waals surface area contributed by atoms with Crippen LogP contribution in [0.3, 0.4) is 0 Å². The van der Waals surface area contributed by atoms with E-state index in [0.29, 0.717) is 6.54 Å². The quantitative estimate of drug-likeness (QED) is 0.841. The minimum absolute atomic E-state index is 0.0815. The van der Waals surface area contributed by atoms with E-state index in [1.54, 1.807) is 6.20 Å². The molecule has 0 atom stereocenters. The fourth-order valence-corrected chi connectivity index (χ4v) is 1.76. The van der Waals surface area contributed by atoms with Crippen LogP contribution < -0.4 is 5.32 Å². The first-order chi connectivity index (χ1) is 9.08. The number of halogens is 1. The van der Waals surface area contributed by atoms with Crippen LogP contribution in [0, 0.1) is 6.92 Å². The van der Waals surface area contributed by atoms with Gasteiger partial charge in [0, 0.05) is 6.20 Å². The molecule has 0 fully saturated rings. The van der Waals surface area contributed by atoms with E-state index in [-0.39, 0.29) is 16.5 Å². The second-order valence-electron chi connectivity index (χ2n) is 3.96. The Kier molecular flexibility index (Phi) is 3.97. The first-order valence-electron chi connectivity index (χ1n) is 5.62. The highest BCUT2D eigenvalue weighted by molar-refractivity contribution is 6.29.